The molecule has 1 aromatic carbocycles. The first-order valence-electron chi connectivity index (χ1n) is 9.27. The lowest BCUT2D eigenvalue weighted by Crippen LogP contribution is -2.42. The van der Waals surface area contributed by atoms with Gasteiger partial charge in [0.15, 0.2) is 6.61 Å². The number of aryl methyl sites for hydroxylation is 1. The number of hydrogen-bond acceptors (Lipinski definition) is 7. The highest BCUT2D eigenvalue weighted by Gasteiger charge is 2.33. The van der Waals surface area contributed by atoms with Crippen LogP contribution in [0, 0.1) is 17.0 Å². The quantitative estimate of drug-likeness (QED) is 0.454. The smallest absolute Gasteiger partial charge is 0.406 e. The molecule has 0 bridgehead atoms. The monoisotopic (exact) mass is 440 g/mol. The zero-order chi connectivity index (χ0) is 22.0. The van der Waals surface area contributed by atoms with Gasteiger partial charge in [-0.1, -0.05) is 23.7 Å². The minimum atomic E-state index is -0.646. The van der Waals surface area contributed by atoms with Gasteiger partial charge in [0.1, 0.15) is 17.5 Å². The van der Waals surface area contributed by atoms with Crippen LogP contribution in [0.3, 0.4) is 0 Å². The van der Waals surface area contributed by atoms with E-state index in [1.807, 2.05) is 18.2 Å². The number of nitrogens with zero attached hydrogens (tertiary/aromatic N) is 3. The molecule has 0 saturated carbocycles. The highest BCUT2D eigenvalue weighted by molar-refractivity contribution is 6.30. The first-order chi connectivity index (χ1) is 14.9. The molecule has 0 saturated heterocycles. The number of nitrogens with one attached hydrogen (secondary N) is 1. The molecule has 1 aliphatic rings. The minimum Gasteiger partial charge on any atom is -0.475 e. The molecule has 3 aromatic rings. The van der Waals surface area contributed by atoms with Crippen molar-refractivity contribution in [3.8, 4) is 5.75 Å². The van der Waals surface area contributed by atoms with Gasteiger partial charge >= 0.3 is 5.82 Å². The van der Waals surface area contributed by atoms with Gasteiger partial charge in [0.25, 0.3) is 5.91 Å². The number of amides is 1. The van der Waals surface area contributed by atoms with Crippen LogP contribution in [-0.2, 0) is 4.79 Å². The number of hydrazine groups is 1. The summed E-state index contributed by atoms with van der Waals surface area (Å²) in [6.45, 7) is 1.20. The summed E-state index contributed by atoms with van der Waals surface area (Å²) in [6, 6.07) is 13.1. The summed E-state index contributed by atoms with van der Waals surface area (Å²) in [5.41, 5.74) is 5.05. The van der Waals surface area contributed by atoms with Gasteiger partial charge in [-0.25, -0.2) is 5.01 Å². The molecule has 1 atom stereocenters. The topological polar surface area (TPSA) is 111 Å². The van der Waals surface area contributed by atoms with Crippen LogP contribution < -0.4 is 10.2 Å². The Labute approximate surface area is 182 Å². The van der Waals surface area contributed by atoms with E-state index < -0.39 is 29.3 Å². The maximum Gasteiger partial charge on any atom is 0.406 e. The van der Waals surface area contributed by atoms with E-state index in [-0.39, 0.29) is 5.75 Å². The fourth-order valence-electron chi connectivity index (χ4n) is 3.13. The second kappa shape index (κ2) is 8.49. The molecule has 0 spiro atoms. The number of halogens is 1. The standard InChI is InChI=1S/C21H17ClN4O5/c1-13-4-9-19(21(23-13)26(28)29)31-12-20(27)25-17(18-3-2-10-30-18)11-16(24-25)14-5-7-15(22)8-6-14/h2-11,17,24H,12H2,1H3/t17-/m1/s1. The molecule has 9 nitrogen and oxygen atoms in total. The summed E-state index contributed by atoms with van der Waals surface area (Å²) in [6.07, 6.45) is 3.36. The molecule has 0 radical (unpaired) electrons. The van der Waals surface area contributed by atoms with Crippen LogP contribution in [0.1, 0.15) is 23.1 Å². The first kappa shape index (κ1) is 20.4. The molecular formula is C21H17ClN4O5. The first-order valence-corrected chi connectivity index (χ1v) is 9.65. The number of benzene rings is 1. The Hall–Kier alpha value is -3.85. The number of aromatic nitrogens is 1. The molecule has 0 fully saturated rings. The Morgan fingerprint density at radius 3 is 2.74 bits per heavy atom. The van der Waals surface area contributed by atoms with Crippen LogP contribution in [0.2, 0.25) is 5.02 Å². The Morgan fingerprint density at radius 2 is 2.06 bits per heavy atom. The fraction of sp³-hybridized carbons (Fsp3) is 0.143. The Balaban J connectivity index is 1.54. The van der Waals surface area contributed by atoms with Gasteiger partial charge < -0.3 is 19.3 Å². The van der Waals surface area contributed by atoms with Crippen LogP contribution >= 0.6 is 11.6 Å². The van der Waals surface area contributed by atoms with E-state index in [0.29, 0.717) is 22.2 Å². The molecule has 1 N–H and O–H groups in total. The number of carbonyl (C=O) groups excluding carboxylic acids is 1. The lowest BCUT2D eigenvalue weighted by atomic mass is 10.1. The molecular weight excluding hydrogens is 424 g/mol. The van der Waals surface area contributed by atoms with E-state index in [1.165, 1.54) is 17.3 Å². The van der Waals surface area contributed by atoms with Gasteiger partial charge in [0, 0.05) is 11.9 Å². The van der Waals surface area contributed by atoms with Crippen molar-refractivity contribution in [1.29, 1.82) is 0 Å². The van der Waals surface area contributed by atoms with E-state index in [2.05, 4.69) is 10.4 Å². The van der Waals surface area contributed by atoms with Gasteiger partial charge in [0.2, 0.25) is 5.75 Å². The van der Waals surface area contributed by atoms with Crippen molar-refractivity contribution in [3.63, 3.8) is 0 Å². The van der Waals surface area contributed by atoms with E-state index in [1.54, 1.807) is 37.3 Å². The average Bonchev–Trinajstić information content (AvgIpc) is 3.43. The zero-order valence-electron chi connectivity index (χ0n) is 16.3. The van der Waals surface area contributed by atoms with Crippen molar-refractivity contribution >= 4 is 29.0 Å². The zero-order valence-corrected chi connectivity index (χ0v) is 17.1. The molecule has 4 rings (SSSR count). The highest BCUT2D eigenvalue weighted by Crippen LogP contribution is 2.32. The number of rotatable bonds is 6. The van der Waals surface area contributed by atoms with Crippen LogP contribution in [0.4, 0.5) is 5.82 Å². The number of hydrogen-bond donors (Lipinski definition) is 1. The van der Waals surface area contributed by atoms with Crippen molar-refractivity contribution in [1.82, 2.24) is 15.4 Å². The predicted molar refractivity (Wildman–Crippen MR) is 112 cm³/mol. The number of nitro groups is 1. The van der Waals surface area contributed by atoms with Crippen molar-refractivity contribution < 1.29 is 18.9 Å². The SMILES string of the molecule is Cc1ccc(OCC(=O)N2NC(c3ccc(Cl)cc3)=C[C@@H]2c2ccco2)c([N+](=O)[O-])n1. The Kier molecular flexibility index (Phi) is 5.59. The predicted octanol–water partition coefficient (Wildman–Crippen LogP) is 4.05. The Morgan fingerprint density at radius 1 is 1.29 bits per heavy atom. The molecule has 3 heterocycles. The van der Waals surface area contributed by atoms with E-state index >= 15 is 0 Å². The van der Waals surface area contributed by atoms with Crippen molar-refractivity contribution in [2.75, 3.05) is 6.61 Å². The molecule has 10 heteroatoms. The van der Waals surface area contributed by atoms with Gasteiger partial charge in [-0.3, -0.25) is 10.2 Å². The maximum atomic E-state index is 13.0. The van der Waals surface area contributed by atoms with E-state index in [4.69, 9.17) is 20.8 Å². The molecule has 158 valence electrons. The summed E-state index contributed by atoms with van der Waals surface area (Å²) in [5.74, 6) is -0.419. The van der Waals surface area contributed by atoms with Crippen molar-refractivity contribution in [2.24, 2.45) is 0 Å². The molecule has 1 amide bonds. The normalized spacial score (nSPS) is 15.4. The molecule has 1 aliphatic heterocycles. The summed E-state index contributed by atoms with van der Waals surface area (Å²) >= 11 is 5.96. The average molecular weight is 441 g/mol. The van der Waals surface area contributed by atoms with Crippen LogP contribution in [0.15, 0.2) is 65.3 Å². The summed E-state index contributed by atoms with van der Waals surface area (Å²) in [5, 5.41) is 13.2. The van der Waals surface area contributed by atoms with Crippen LogP contribution in [0.25, 0.3) is 5.70 Å². The third-order valence-electron chi connectivity index (χ3n) is 4.60. The number of furan rings is 1. The number of pyridine rings is 1. The molecule has 31 heavy (non-hydrogen) atoms. The second-order valence-electron chi connectivity index (χ2n) is 6.74. The largest absolute Gasteiger partial charge is 0.475 e. The lowest BCUT2D eigenvalue weighted by molar-refractivity contribution is -0.390. The van der Waals surface area contributed by atoms with Gasteiger partial charge in [-0.2, -0.15) is 0 Å². The summed E-state index contributed by atoms with van der Waals surface area (Å²) in [7, 11) is 0. The summed E-state index contributed by atoms with van der Waals surface area (Å²) < 4.78 is 10.9. The maximum absolute atomic E-state index is 13.0. The van der Waals surface area contributed by atoms with Gasteiger partial charge in [0.05, 0.1) is 12.0 Å². The van der Waals surface area contributed by atoms with Crippen LogP contribution in [0.5, 0.6) is 5.75 Å². The molecule has 0 aliphatic carbocycles. The van der Waals surface area contributed by atoms with E-state index in [9.17, 15) is 14.9 Å². The third-order valence-corrected chi connectivity index (χ3v) is 4.86. The van der Waals surface area contributed by atoms with Crippen molar-refractivity contribution in [3.05, 3.63) is 93.0 Å². The Bertz CT molecular complexity index is 1150. The molecule has 2 aromatic heterocycles. The second-order valence-corrected chi connectivity index (χ2v) is 7.18. The summed E-state index contributed by atoms with van der Waals surface area (Å²) in [4.78, 5) is 27.4. The van der Waals surface area contributed by atoms with Gasteiger partial charge in [-0.15, -0.1) is 0 Å². The van der Waals surface area contributed by atoms with Crippen LogP contribution in [-0.4, -0.2) is 27.4 Å². The van der Waals surface area contributed by atoms with Gasteiger partial charge in [-0.05, 0) is 57.9 Å². The number of carbonyl (C=O) groups is 1. The minimum absolute atomic E-state index is 0.0800. The van der Waals surface area contributed by atoms with E-state index in [0.717, 1.165) is 5.56 Å². The molecule has 0 unspecified atom stereocenters. The number of ether oxygens (including phenoxy) is 1. The fourth-order valence-corrected chi connectivity index (χ4v) is 3.25. The highest BCUT2D eigenvalue weighted by atomic mass is 35.5. The lowest BCUT2D eigenvalue weighted by Gasteiger charge is -2.24. The third kappa shape index (κ3) is 4.36. The van der Waals surface area contributed by atoms with Crippen molar-refractivity contribution in [2.45, 2.75) is 13.0 Å².